The quantitative estimate of drug-likeness (QED) is 0.629. The number of hydrazone groups is 1. The predicted octanol–water partition coefficient (Wildman–Crippen LogP) is 2.00. The highest BCUT2D eigenvalue weighted by Crippen LogP contribution is 2.26. The number of hydrogen-bond donors (Lipinski definition) is 0. The standard InChI is InChI=1S/C16H15ClN4O3/c1-20-8-7-14(19-20)21-15(22)12(16(23)24-2)9-13(18-21)10-3-5-11(17)6-4-10/h3-8,12H,9H2,1-2H3. The lowest BCUT2D eigenvalue weighted by atomic mass is 9.95. The third-order valence-corrected chi connectivity index (χ3v) is 3.96. The van der Waals surface area contributed by atoms with Crippen molar-refractivity contribution in [1.29, 1.82) is 0 Å². The van der Waals surface area contributed by atoms with Crippen LogP contribution in [0.1, 0.15) is 12.0 Å². The van der Waals surface area contributed by atoms with Gasteiger partial charge in [0.2, 0.25) is 0 Å². The van der Waals surface area contributed by atoms with E-state index in [4.69, 9.17) is 16.3 Å². The van der Waals surface area contributed by atoms with E-state index in [2.05, 4.69) is 10.2 Å². The average Bonchev–Trinajstić information content (AvgIpc) is 3.01. The summed E-state index contributed by atoms with van der Waals surface area (Å²) in [6.45, 7) is 0. The van der Waals surface area contributed by atoms with Crippen LogP contribution >= 0.6 is 11.6 Å². The van der Waals surface area contributed by atoms with Gasteiger partial charge >= 0.3 is 5.97 Å². The van der Waals surface area contributed by atoms with Gasteiger partial charge < -0.3 is 4.74 Å². The molecule has 0 radical (unpaired) electrons. The van der Waals surface area contributed by atoms with Crippen molar-refractivity contribution < 1.29 is 14.3 Å². The molecule has 0 aliphatic carbocycles. The van der Waals surface area contributed by atoms with Crippen molar-refractivity contribution >= 4 is 35.0 Å². The Morgan fingerprint density at radius 2 is 2.00 bits per heavy atom. The zero-order valence-electron chi connectivity index (χ0n) is 13.1. The number of methoxy groups -OCH3 is 1. The molecule has 0 fully saturated rings. The van der Waals surface area contributed by atoms with Crippen LogP contribution in [0.25, 0.3) is 0 Å². The van der Waals surface area contributed by atoms with E-state index < -0.39 is 17.8 Å². The molecule has 1 aromatic carbocycles. The molecule has 0 bridgehead atoms. The number of carbonyl (C=O) groups is 2. The first-order valence-corrected chi connectivity index (χ1v) is 7.62. The highest BCUT2D eigenvalue weighted by molar-refractivity contribution is 6.30. The van der Waals surface area contributed by atoms with Gasteiger partial charge in [-0.05, 0) is 17.7 Å². The molecule has 2 aromatic rings. The fourth-order valence-electron chi connectivity index (χ4n) is 2.46. The molecule has 0 N–H and O–H groups in total. The molecule has 3 rings (SSSR count). The van der Waals surface area contributed by atoms with Crippen molar-refractivity contribution in [3.8, 4) is 0 Å². The minimum atomic E-state index is -0.958. The number of amides is 1. The van der Waals surface area contributed by atoms with E-state index in [0.717, 1.165) is 10.6 Å². The number of halogens is 1. The van der Waals surface area contributed by atoms with E-state index in [1.165, 1.54) is 7.11 Å². The lowest BCUT2D eigenvalue weighted by Crippen LogP contribution is -2.43. The highest BCUT2D eigenvalue weighted by Gasteiger charge is 2.38. The van der Waals surface area contributed by atoms with E-state index in [0.29, 0.717) is 16.6 Å². The van der Waals surface area contributed by atoms with E-state index in [1.54, 1.807) is 48.3 Å². The number of nitrogens with zero attached hydrogens (tertiary/aromatic N) is 4. The molecule has 8 heteroatoms. The molecule has 1 aromatic heterocycles. The molecule has 0 saturated heterocycles. The summed E-state index contributed by atoms with van der Waals surface area (Å²) in [5, 5.41) is 10.3. The maximum absolute atomic E-state index is 12.6. The fraction of sp³-hybridized carbons (Fsp3) is 0.250. The number of benzene rings is 1. The Hall–Kier alpha value is -2.67. The van der Waals surface area contributed by atoms with Gasteiger partial charge in [-0.2, -0.15) is 15.2 Å². The number of ether oxygens (including phenoxy) is 1. The van der Waals surface area contributed by atoms with Crippen molar-refractivity contribution in [3.05, 3.63) is 47.1 Å². The fourth-order valence-corrected chi connectivity index (χ4v) is 2.59. The van der Waals surface area contributed by atoms with Crippen LogP contribution in [0.15, 0.2) is 41.6 Å². The number of aromatic nitrogens is 2. The second kappa shape index (κ2) is 6.45. The number of aryl methyl sites for hydroxylation is 1. The van der Waals surface area contributed by atoms with E-state index in [-0.39, 0.29) is 6.42 Å². The van der Waals surface area contributed by atoms with Crippen LogP contribution in [0.3, 0.4) is 0 Å². The first-order chi connectivity index (χ1) is 11.5. The summed E-state index contributed by atoms with van der Waals surface area (Å²) in [5.74, 6) is -1.66. The molecular formula is C16H15ClN4O3. The monoisotopic (exact) mass is 346 g/mol. The number of esters is 1. The van der Waals surface area contributed by atoms with E-state index in [1.807, 2.05) is 0 Å². The molecule has 1 amide bonds. The van der Waals surface area contributed by atoms with E-state index >= 15 is 0 Å². The number of rotatable bonds is 3. The van der Waals surface area contributed by atoms with Crippen molar-refractivity contribution in [2.24, 2.45) is 18.1 Å². The van der Waals surface area contributed by atoms with Gasteiger partial charge in [-0.15, -0.1) is 0 Å². The summed E-state index contributed by atoms with van der Waals surface area (Å²) in [5.41, 5.74) is 1.37. The molecule has 24 heavy (non-hydrogen) atoms. The Bertz CT molecular complexity index is 813. The van der Waals surface area contributed by atoms with Gasteiger partial charge in [0.15, 0.2) is 5.82 Å². The highest BCUT2D eigenvalue weighted by atomic mass is 35.5. The lowest BCUT2D eigenvalue weighted by Gasteiger charge is -2.26. The number of hydrogen-bond acceptors (Lipinski definition) is 5. The third kappa shape index (κ3) is 3.03. The molecule has 1 aliphatic heterocycles. The molecule has 7 nitrogen and oxygen atoms in total. The molecule has 2 heterocycles. The minimum absolute atomic E-state index is 0.163. The van der Waals surface area contributed by atoms with Crippen LogP contribution in [0.2, 0.25) is 5.02 Å². The van der Waals surface area contributed by atoms with Crippen molar-refractivity contribution in [2.45, 2.75) is 6.42 Å². The summed E-state index contributed by atoms with van der Waals surface area (Å²) in [7, 11) is 2.99. The molecule has 0 spiro atoms. The van der Waals surface area contributed by atoms with Crippen LogP contribution < -0.4 is 5.01 Å². The van der Waals surface area contributed by atoms with Gasteiger partial charge in [0, 0.05) is 30.8 Å². The van der Waals surface area contributed by atoms with Crippen molar-refractivity contribution in [2.75, 3.05) is 12.1 Å². The summed E-state index contributed by atoms with van der Waals surface area (Å²) in [4.78, 5) is 24.6. The van der Waals surface area contributed by atoms with Crippen LogP contribution in [-0.2, 0) is 21.4 Å². The number of carbonyl (C=O) groups excluding carboxylic acids is 2. The van der Waals surface area contributed by atoms with Gasteiger partial charge in [-0.25, -0.2) is 0 Å². The third-order valence-electron chi connectivity index (χ3n) is 3.70. The van der Waals surface area contributed by atoms with Gasteiger partial charge in [0.1, 0.15) is 5.92 Å². The molecule has 0 saturated carbocycles. The Morgan fingerprint density at radius 3 is 2.58 bits per heavy atom. The predicted molar refractivity (Wildman–Crippen MR) is 88.8 cm³/mol. The summed E-state index contributed by atoms with van der Waals surface area (Å²) >= 11 is 5.91. The average molecular weight is 347 g/mol. The topological polar surface area (TPSA) is 76.8 Å². The van der Waals surface area contributed by atoms with Crippen LogP contribution in [-0.4, -0.2) is 34.5 Å². The lowest BCUT2D eigenvalue weighted by molar-refractivity contribution is -0.149. The second-order valence-electron chi connectivity index (χ2n) is 5.33. The maximum Gasteiger partial charge on any atom is 0.318 e. The maximum atomic E-state index is 12.6. The van der Waals surface area contributed by atoms with Crippen LogP contribution in [0.5, 0.6) is 0 Å². The zero-order chi connectivity index (χ0) is 17.3. The van der Waals surface area contributed by atoms with E-state index in [9.17, 15) is 9.59 Å². The Balaban J connectivity index is 2.04. The Labute approximate surface area is 143 Å². The normalized spacial score (nSPS) is 17.6. The smallest absolute Gasteiger partial charge is 0.318 e. The first kappa shape index (κ1) is 16.2. The molecule has 124 valence electrons. The van der Waals surface area contributed by atoms with Gasteiger partial charge in [-0.3, -0.25) is 14.3 Å². The largest absolute Gasteiger partial charge is 0.468 e. The zero-order valence-corrected chi connectivity index (χ0v) is 13.9. The van der Waals surface area contributed by atoms with Gasteiger partial charge in [0.05, 0.1) is 12.8 Å². The molecule has 1 atom stereocenters. The van der Waals surface area contributed by atoms with Gasteiger partial charge in [-0.1, -0.05) is 23.7 Å². The molecule has 1 aliphatic rings. The number of anilines is 1. The van der Waals surface area contributed by atoms with Crippen LogP contribution in [0.4, 0.5) is 5.82 Å². The molecule has 1 unspecified atom stereocenters. The van der Waals surface area contributed by atoms with Crippen molar-refractivity contribution in [3.63, 3.8) is 0 Å². The summed E-state index contributed by atoms with van der Waals surface area (Å²) < 4.78 is 6.32. The van der Waals surface area contributed by atoms with Crippen LogP contribution in [0, 0.1) is 5.92 Å². The Morgan fingerprint density at radius 1 is 1.29 bits per heavy atom. The molecular weight excluding hydrogens is 332 g/mol. The van der Waals surface area contributed by atoms with Gasteiger partial charge in [0.25, 0.3) is 5.91 Å². The second-order valence-corrected chi connectivity index (χ2v) is 5.77. The summed E-state index contributed by atoms with van der Waals surface area (Å²) in [6, 6.07) is 8.70. The minimum Gasteiger partial charge on any atom is -0.468 e. The SMILES string of the molecule is COC(=O)C1CC(c2ccc(Cl)cc2)=NN(c2ccn(C)n2)C1=O. The first-order valence-electron chi connectivity index (χ1n) is 7.24. The van der Waals surface area contributed by atoms with Crippen molar-refractivity contribution in [1.82, 2.24) is 9.78 Å². The summed E-state index contributed by atoms with van der Waals surface area (Å²) in [6.07, 6.45) is 1.86. The Kier molecular flexibility index (Phi) is 4.35.